The maximum atomic E-state index is 12.3. The minimum atomic E-state index is -3.63. The number of nitrogens with one attached hydrogen (secondary N) is 1. The molecule has 3 unspecified atom stereocenters. The summed E-state index contributed by atoms with van der Waals surface area (Å²) >= 11 is 0. The largest absolute Gasteiger partial charge is 0.481 e. The first-order chi connectivity index (χ1) is 9.94. The lowest BCUT2D eigenvalue weighted by molar-refractivity contribution is -0.142. The van der Waals surface area contributed by atoms with Crippen LogP contribution in [0.2, 0.25) is 0 Å². The molecule has 7 nitrogen and oxygen atoms in total. The first-order valence-electron chi connectivity index (χ1n) is 7.52. The van der Waals surface area contributed by atoms with Gasteiger partial charge in [0.05, 0.1) is 5.92 Å². The van der Waals surface area contributed by atoms with E-state index in [9.17, 15) is 18.3 Å². The van der Waals surface area contributed by atoms with Crippen LogP contribution in [-0.4, -0.2) is 55.1 Å². The number of aliphatic carboxylic acids is 1. The fraction of sp³-hybridized carbons (Fsp3) is 0.923. The molecule has 21 heavy (non-hydrogen) atoms. The van der Waals surface area contributed by atoms with E-state index < -0.39 is 22.1 Å². The van der Waals surface area contributed by atoms with Crippen molar-refractivity contribution in [2.75, 3.05) is 26.2 Å². The zero-order valence-electron chi connectivity index (χ0n) is 12.1. The molecule has 0 aromatic carbocycles. The average molecular weight is 320 g/mol. The predicted octanol–water partition coefficient (Wildman–Crippen LogP) is 0.0260. The van der Waals surface area contributed by atoms with Crippen molar-refractivity contribution in [2.24, 2.45) is 17.8 Å². The van der Waals surface area contributed by atoms with Crippen molar-refractivity contribution >= 4 is 16.2 Å². The number of piperidine rings is 1. The van der Waals surface area contributed by atoms with Gasteiger partial charge in [0.15, 0.2) is 0 Å². The SMILES string of the molecule is O=C(O)C1CCCN(S(=O)(=O)NCC2CCCC2CO)C1. The lowest BCUT2D eigenvalue weighted by atomic mass is 9.97. The first-order valence-corrected chi connectivity index (χ1v) is 8.96. The predicted molar refractivity (Wildman–Crippen MR) is 76.8 cm³/mol. The van der Waals surface area contributed by atoms with Crippen LogP contribution in [0.25, 0.3) is 0 Å². The summed E-state index contributed by atoms with van der Waals surface area (Å²) in [5, 5.41) is 18.3. The van der Waals surface area contributed by atoms with Crippen LogP contribution in [0, 0.1) is 17.8 Å². The molecule has 0 aromatic heterocycles. The van der Waals surface area contributed by atoms with E-state index in [2.05, 4.69) is 4.72 Å². The monoisotopic (exact) mass is 320 g/mol. The second-order valence-electron chi connectivity index (χ2n) is 6.02. The number of nitrogens with zero attached hydrogens (tertiary/aromatic N) is 1. The van der Waals surface area contributed by atoms with Gasteiger partial charge >= 0.3 is 5.97 Å². The Kier molecular flexibility index (Phi) is 5.59. The number of rotatable bonds is 6. The number of aliphatic hydroxyl groups excluding tert-OH is 1. The molecule has 1 aliphatic heterocycles. The second-order valence-corrected chi connectivity index (χ2v) is 7.78. The number of carboxylic acids is 1. The second kappa shape index (κ2) is 7.04. The Morgan fingerprint density at radius 1 is 1.19 bits per heavy atom. The summed E-state index contributed by atoms with van der Waals surface area (Å²) in [4.78, 5) is 11.0. The van der Waals surface area contributed by atoms with Crippen LogP contribution in [0.15, 0.2) is 0 Å². The van der Waals surface area contributed by atoms with Gasteiger partial charge < -0.3 is 10.2 Å². The van der Waals surface area contributed by atoms with Crippen LogP contribution in [-0.2, 0) is 15.0 Å². The molecular weight excluding hydrogens is 296 g/mol. The van der Waals surface area contributed by atoms with Gasteiger partial charge in [-0.2, -0.15) is 12.7 Å². The molecule has 1 saturated heterocycles. The van der Waals surface area contributed by atoms with Crippen LogP contribution in [0.3, 0.4) is 0 Å². The highest BCUT2D eigenvalue weighted by Gasteiger charge is 2.33. The number of carbonyl (C=O) groups is 1. The molecule has 0 spiro atoms. The maximum Gasteiger partial charge on any atom is 0.307 e. The molecule has 0 aromatic rings. The van der Waals surface area contributed by atoms with E-state index in [1.165, 1.54) is 4.31 Å². The van der Waals surface area contributed by atoms with Crippen LogP contribution in [0.5, 0.6) is 0 Å². The summed E-state index contributed by atoms with van der Waals surface area (Å²) < 4.78 is 28.4. The van der Waals surface area contributed by atoms with Crippen LogP contribution in [0.4, 0.5) is 0 Å². The lowest BCUT2D eigenvalue weighted by Crippen LogP contribution is -2.48. The molecule has 2 aliphatic rings. The van der Waals surface area contributed by atoms with E-state index in [1.807, 2.05) is 0 Å². The van der Waals surface area contributed by atoms with Gasteiger partial charge in [-0.25, -0.2) is 4.72 Å². The van der Waals surface area contributed by atoms with E-state index >= 15 is 0 Å². The number of carboxylic acid groups (broad SMARTS) is 1. The quantitative estimate of drug-likeness (QED) is 0.640. The molecule has 2 rings (SSSR count). The van der Waals surface area contributed by atoms with Crippen LogP contribution >= 0.6 is 0 Å². The zero-order valence-corrected chi connectivity index (χ0v) is 12.9. The van der Waals surface area contributed by atoms with Gasteiger partial charge in [-0.1, -0.05) is 6.42 Å². The average Bonchev–Trinajstić information content (AvgIpc) is 2.93. The summed E-state index contributed by atoms with van der Waals surface area (Å²) in [5.74, 6) is -1.22. The normalized spacial score (nSPS) is 31.4. The topological polar surface area (TPSA) is 107 Å². The standard InChI is InChI=1S/C13H24N2O5S/c16-9-12-4-1-3-10(12)7-14-21(19,20)15-6-2-5-11(8-15)13(17)18/h10-12,14,16H,1-9H2,(H,17,18). The van der Waals surface area contributed by atoms with Gasteiger partial charge in [0.2, 0.25) is 0 Å². The fourth-order valence-corrected chi connectivity index (χ4v) is 4.64. The Labute approximate surface area is 125 Å². The van der Waals surface area contributed by atoms with E-state index in [1.54, 1.807) is 0 Å². The molecular formula is C13H24N2O5S. The minimum absolute atomic E-state index is 0.0404. The van der Waals surface area contributed by atoms with Gasteiger partial charge in [0, 0.05) is 26.2 Å². The zero-order chi connectivity index (χ0) is 15.5. The highest BCUT2D eigenvalue weighted by atomic mass is 32.2. The Morgan fingerprint density at radius 2 is 1.90 bits per heavy atom. The van der Waals surface area contributed by atoms with Crippen molar-refractivity contribution in [3.63, 3.8) is 0 Å². The lowest BCUT2D eigenvalue weighted by Gasteiger charge is -2.30. The van der Waals surface area contributed by atoms with Crippen molar-refractivity contribution in [3.05, 3.63) is 0 Å². The van der Waals surface area contributed by atoms with Gasteiger partial charge in [-0.05, 0) is 37.5 Å². The molecule has 1 heterocycles. The number of hydrogen-bond donors (Lipinski definition) is 3. The molecule has 0 amide bonds. The maximum absolute atomic E-state index is 12.3. The Hall–Kier alpha value is -0.700. The number of aliphatic hydroxyl groups is 1. The van der Waals surface area contributed by atoms with E-state index in [4.69, 9.17) is 5.11 Å². The highest BCUT2D eigenvalue weighted by Crippen LogP contribution is 2.31. The molecule has 1 saturated carbocycles. The van der Waals surface area contributed by atoms with E-state index in [0.717, 1.165) is 19.3 Å². The third-order valence-corrected chi connectivity index (χ3v) is 6.20. The fourth-order valence-electron chi connectivity index (χ4n) is 3.29. The van der Waals surface area contributed by atoms with Gasteiger partial charge in [0.25, 0.3) is 10.2 Å². The molecule has 0 bridgehead atoms. The summed E-state index contributed by atoms with van der Waals surface area (Å²) in [7, 11) is -3.63. The molecule has 122 valence electrons. The molecule has 3 atom stereocenters. The summed E-state index contributed by atoms with van der Waals surface area (Å²) in [6, 6.07) is 0. The minimum Gasteiger partial charge on any atom is -0.481 e. The molecule has 3 N–H and O–H groups in total. The summed E-state index contributed by atoms with van der Waals surface area (Å²) in [6.45, 7) is 0.824. The van der Waals surface area contributed by atoms with E-state index in [-0.39, 0.29) is 25.0 Å². The summed E-state index contributed by atoms with van der Waals surface area (Å²) in [6.07, 6.45) is 3.97. The Balaban J connectivity index is 1.90. The van der Waals surface area contributed by atoms with Gasteiger partial charge in [-0.3, -0.25) is 4.79 Å². The third kappa shape index (κ3) is 4.15. The highest BCUT2D eigenvalue weighted by molar-refractivity contribution is 7.87. The summed E-state index contributed by atoms with van der Waals surface area (Å²) in [5.41, 5.74) is 0. The molecule has 2 fully saturated rings. The molecule has 8 heteroatoms. The van der Waals surface area contributed by atoms with Crippen molar-refractivity contribution in [1.82, 2.24) is 9.03 Å². The smallest absolute Gasteiger partial charge is 0.307 e. The number of hydrogen-bond acceptors (Lipinski definition) is 4. The van der Waals surface area contributed by atoms with Crippen LogP contribution < -0.4 is 4.72 Å². The van der Waals surface area contributed by atoms with Crippen LogP contribution in [0.1, 0.15) is 32.1 Å². The molecule has 1 aliphatic carbocycles. The van der Waals surface area contributed by atoms with Crippen molar-refractivity contribution in [1.29, 1.82) is 0 Å². The van der Waals surface area contributed by atoms with Crippen molar-refractivity contribution in [2.45, 2.75) is 32.1 Å². The third-order valence-electron chi connectivity index (χ3n) is 4.65. The van der Waals surface area contributed by atoms with Gasteiger partial charge in [0.1, 0.15) is 0 Å². The van der Waals surface area contributed by atoms with Crippen molar-refractivity contribution < 1.29 is 23.4 Å². The first kappa shape index (κ1) is 16.7. The van der Waals surface area contributed by atoms with Gasteiger partial charge in [-0.15, -0.1) is 0 Å². The molecule has 0 radical (unpaired) electrons. The Morgan fingerprint density at radius 3 is 2.57 bits per heavy atom. The van der Waals surface area contributed by atoms with Crippen molar-refractivity contribution in [3.8, 4) is 0 Å². The van der Waals surface area contributed by atoms with E-state index in [0.29, 0.717) is 25.9 Å². The Bertz CT molecular complexity index is 467.